The van der Waals surface area contributed by atoms with Gasteiger partial charge in [-0.15, -0.1) is 0 Å². The minimum Gasteiger partial charge on any atom is -0.360 e. The Balaban J connectivity index is 1.87. The van der Waals surface area contributed by atoms with Crippen molar-refractivity contribution in [1.82, 2.24) is 15.4 Å². The molecule has 146 valence electrons. The molecule has 2 aromatic carbocycles. The maximum Gasteiger partial charge on any atom is 0.257 e. The van der Waals surface area contributed by atoms with E-state index in [0.717, 1.165) is 5.56 Å². The molecule has 1 N–H and O–H groups in total. The van der Waals surface area contributed by atoms with Crippen molar-refractivity contribution in [3.8, 4) is 11.3 Å². The summed E-state index contributed by atoms with van der Waals surface area (Å²) >= 11 is 6.14. The summed E-state index contributed by atoms with van der Waals surface area (Å²) < 4.78 is 19.5. The second kappa shape index (κ2) is 8.54. The average Bonchev–Trinajstić information content (AvgIpc) is 3.03. The van der Waals surface area contributed by atoms with Crippen LogP contribution >= 0.6 is 11.6 Å². The highest BCUT2D eigenvalue weighted by Gasteiger charge is 2.26. The van der Waals surface area contributed by atoms with Gasteiger partial charge in [-0.3, -0.25) is 4.79 Å². The smallest absolute Gasteiger partial charge is 0.257 e. The Bertz CT molecular complexity index is 953. The number of carbonyl (C=O) groups is 1. The van der Waals surface area contributed by atoms with E-state index in [1.165, 1.54) is 12.1 Å². The number of hydrogen-bond donors (Lipinski definition) is 1. The van der Waals surface area contributed by atoms with Gasteiger partial charge in [0.05, 0.1) is 16.6 Å². The number of aromatic nitrogens is 1. The fourth-order valence-electron chi connectivity index (χ4n) is 3.09. The van der Waals surface area contributed by atoms with Gasteiger partial charge in [-0.1, -0.05) is 53.2 Å². The van der Waals surface area contributed by atoms with Gasteiger partial charge in [0.25, 0.3) is 5.91 Å². The van der Waals surface area contributed by atoms with Gasteiger partial charge in [-0.25, -0.2) is 4.39 Å². The molecule has 3 rings (SSSR count). The van der Waals surface area contributed by atoms with E-state index in [2.05, 4.69) is 10.5 Å². The first-order valence-electron chi connectivity index (χ1n) is 8.80. The number of nitrogens with one attached hydrogen (secondary N) is 1. The monoisotopic (exact) mass is 401 g/mol. The summed E-state index contributed by atoms with van der Waals surface area (Å²) in [6, 6.07) is 14.2. The zero-order valence-corrected chi connectivity index (χ0v) is 16.6. The second-order valence-electron chi connectivity index (χ2n) is 6.66. The molecule has 1 aromatic heterocycles. The SMILES string of the molecule is Cc1onc(-c2c(F)cccc2Cl)c1C(=O)NCC(c1ccccc1)N(C)C. The lowest BCUT2D eigenvalue weighted by molar-refractivity contribution is 0.0941. The highest BCUT2D eigenvalue weighted by atomic mass is 35.5. The van der Waals surface area contributed by atoms with E-state index >= 15 is 0 Å². The van der Waals surface area contributed by atoms with Crippen LogP contribution in [-0.2, 0) is 0 Å². The van der Waals surface area contributed by atoms with Crippen LogP contribution in [0.3, 0.4) is 0 Å². The molecular formula is C21H21ClFN3O2. The molecule has 0 bridgehead atoms. The first kappa shape index (κ1) is 20.0. The molecule has 0 spiro atoms. The lowest BCUT2D eigenvalue weighted by Gasteiger charge is -2.25. The van der Waals surface area contributed by atoms with E-state index in [4.69, 9.17) is 16.1 Å². The molecule has 1 unspecified atom stereocenters. The Morgan fingerprint density at radius 2 is 1.93 bits per heavy atom. The third kappa shape index (κ3) is 4.08. The van der Waals surface area contributed by atoms with Gasteiger partial charge >= 0.3 is 0 Å². The lowest BCUT2D eigenvalue weighted by Crippen LogP contribution is -2.34. The molecule has 1 atom stereocenters. The zero-order chi connectivity index (χ0) is 20.3. The Morgan fingerprint density at radius 1 is 1.21 bits per heavy atom. The van der Waals surface area contributed by atoms with Crippen molar-refractivity contribution in [2.45, 2.75) is 13.0 Å². The van der Waals surface area contributed by atoms with Crippen LogP contribution in [0.1, 0.15) is 27.7 Å². The number of carbonyl (C=O) groups excluding carboxylic acids is 1. The van der Waals surface area contributed by atoms with Crippen molar-refractivity contribution in [3.05, 3.63) is 76.3 Å². The van der Waals surface area contributed by atoms with Crippen molar-refractivity contribution in [1.29, 1.82) is 0 Å². The molecule has 7 heteroatoms. The Hall–Kier alpha value is -2.70. The summed E-state index contributed by atoms with van der Waals surface area (Å²) in [5.74, 6) is -0.658. The highest BCUT2D eigenvalue weighted by molar-refractivity contribution is 6.33. The van der Waals surface area contributed by atoms with Gasteiger partial charge in [-0.2, -0.15) is 0 Å². The predicted molar refractivity (Wildman–Crippen MR) is 107 cm³/mol. The van der Waals surface area contributed by atoms with Crippen LogP contribution in [0.25, 0.3) is 11.3 Å². The highest BCUT2D eigenvalue weighted by Crippen LogP contribution is 2.33. The standard InChI is InChI=1S/C21H21ClFN3O2/c1-13-18(20(25-28-13)19-15(22)10-7-11-16(19)23)21(27)24-12-17(26(2)3)14-8-5-4-6-9-14/h4-11,17H,12H2,1-3H3,(H,24,27). The first-order valence-corrected chi connectivity index (χ1v) is 9.18. The van der Waals surface area contributed by atoms with Gasteiger partial charge in [-0.05, 0) is 38.7 Å². The lowest BCUT2D eigenvalue weighted by atomic mass is 10.0. The summed E-state index contributed by atoms with van der Waals surface area (Å²) in [4.78, 5) is 14.9. The maximum atomic E-state index is 14.3. The number of nitrogens with zero attached hydrogens (tertiary/aromatic N) is 2. The van der Waals surface area contributed by atoms with E-state index in [9.17, 15) is 9.18 Å². The molecule has 5 nitrogen and oxygen atoms in total. The molecule has 3 aromatic rings. The number of likely N-dealkylation sites (N-methyl/N-ethyl adjacent to an activating group) is 1. The average molecular weight is 402 g/mol. The molecule has 0 aliphatic carbocycles. The van der Waals surface area contributed by atoms with E-state index in [1.54, 1.807) is 13.0 Å². The normalized spacial score (nSPS) is 12.2. The largest absolute Gasteiger partial charge is 0.360 e. The Labute approximate surface area is 168 Å². The minimum atomic E-state index is -0.565. The predicted octanol–water partition coefficient (Wildman–Crippen LogP) is 4.48. The summed E-state index contributed by atoms with van der Waals surface area (Å²) in [5.41, 5.74) is 1.40. The summed E-state index contributed by atoms with van der Waals surface area (Å²) in [6.07, 6.45) is 0. The zero-order valence-electron chi connectivity index (χ0n) is 15.9. The molecule has 0 fully saturated rings. The number of aryl methyl sites for hydroxylation is 1. The fraction of sp³-hybridized carbons (Fsp3) is 0.238. The summed E-state index contributed by atoms with van der Waals surface area (Å²) in [6.45, 7) is 1.98. The Morgan fingerprint density at radius 3 is 2.57 bits per heavy atom. The molecule has 0 saturated heterocycles. The molecule has 28 heavy (non-hydrogen) atoms. The minimum absolute atomic E-state index is 0.0224. The van der Waals surface area contributed by atoms with E-state index in [-0.39, 0.29) is 27.9 Å². The van der Waals surface area contributed by atoms with Crippen molar-refractivity contribution < 1.29 is 13.7 Å². The van der Waals surface area contributed by atoms with Crippen molar-refractivity contribution >= 4 is 17.5 Å². The second-order valence-corrected chi connectivity index (χ2v) is 7.07. The quantitative estimate of drug-likeness (QED) is 0.661. The third-order valence-electron chi connectivity index (χ3n) is 4.55. The van der Waals surface area contributed by atoms with Crippen molar-refractivity contribution in [2.24, 2.45) is 0 Å². The fourth-order valence-corrected chi connectivity index (χ4v) is 3.34. The van der Waals surface area contributed by atoms with E-state index < -0.39 is 11.7 Å². The van der Waals surface area contributed by atoms with Crippen molar-refractivity contribution in [2.75, 3.05) is 20.6 Å². The van der Waals surface area contributed by atoms with Crippen LogP contribution < -0.4 is 5.32 Å². The van der Waals surface area contributed by atoms with Gasteiger partial charge in [0.1, 0.15) is 22.8 Å². The first-order chi connectivity index (χ1) is 13.4. The van der Waals surface area contributed by atoms with Crippen LogP contribution in [0.15, 0.2) is 53.1 Å². The van der Waals surface area contributed by atoms with Crippen molar-refractivity contribution in [3.63, 3.8) is 0 Å². The maximum absolute atomic E-state index is 14.3. The Kier molecular flexibility index (Phi) is 6.11. The molecule has 0 saturated carbocycles. The molecule has 1 amide bonds. The van der Waals surface area contributed by atoms with Crippen LogP contribution in [0, 0.1) is 12.7 Å². The van der Waals surface area contributed by atoms with Crippen LogP contribution in [0.4, 0.5) is 4.39 Å². The molecule has 0 radical (unpaired) electrons. The van der Waals surface area contributed by atoms with E-state index in [0.29, 0.717) is 12.3 Å². The molecular weight excluding hydrogens is 381 g/mol. The number of rotatable bonds is 6. The van der Waals surface area contributed by atoms with Gasteiger partial charge < -0.3 is 14.7 Å². The van der Waals surface area contributed by atoms with Gasteiger partial charge in [0, 0.05) is 6.54 Å². The number of benzene rings is 2. The molecule has 0 aliphatic heterocycles. The summed E-state index contributed by atoms with van der Waals surface area (Å²) in [5, 5.41) is 6.95. The van der Waals surface area contributed by atoms with Gasteiger partial charge in [0.2, 0.25) is 0 Å². The molecule has 1 heterocycles. The van der Waals surface area contributed by atoms with Crippen LogP contribution in [-0.4, -0.2) is 36.6 Å². The number of amides is 1. The van der Waals surface area contributed by atoms with Crippen LogP contribution in [0.5, 0.6) is 0 Å². The number of hydrogen-bond acceptors (Lipinski definition) is 4. The summed E-state index contributed by atoms with van der Waals surface area (Å²) in [7, 11) is 3.89. The van der Waals surface area contributed by atoms with E-state index in [1.807, 2.05) is 49.3 Å². The number of halogens is 2. The molecule has 0 aliphatic rings. The van der Waals surface area contributed by atoms with Crippen LogP contribution in [0.2, 0.25) is 5.02 Å². The van der Waals surface area contributed by atoms with Gasteiger partial charge in [0.15, 0.2) is 0 Å². The topological polar surface area (TPSA) is 58.4 Å². The third-order valence-corrected chi connectivity index (χ3v) is 4.87.